The van der Waals surface area contributed by atoms with Crippen LogP contribution in [0.15, 0.2) is 0 Å². The minimum atomic E-state index is -1.70. The first-order valence-electron chi connectivity index (χ1n) is 17.7. The molecular formula is C32H56BN7O12. The van der Waals surface area contributed by atoms with Crippen LogP contribution in [-0.2, 0) is 33.6 Å². The maximum absolute atomic E-state index is 13.3. The number of carboxylic acid groups (broad SMARTS) is 3. The van der Waals surface area contributed by atoms with Crippen molar-refractivity contribution in [2.75, 3.05) is 85.1 Å². The minimum absolute atomic E-state index is 0.182. The van der Waals surface area contributed by atoms with Crippen LogP contribution in [0, 0.1) is 11.8 Å². The van der Waals surface area contributed by atoms with Crippen LogP contribution in [-0.4, -0.2) is 202 Å². The third-order valence-electron chi connectivity index (χ3n) is 9.45. The zero-order valence-corrected chi connectivity index (χ0v) is 30.6. The van der Waals surface area contributed by atoms with E-state index >= 15 is 0 Å². The van der Waals surface area contributed by atoms with Crippen molar-refractivity contribution in [2.24, 2.45) is 11.8 Å². The molecule has 0 unspecified atom stereocenters. The average molecular weight is 742 g/mol. The Kier molecular flexibility index (Phi) is 18.6. The zero-order chi connectivity index (χ0) is 39.1. The highest BCUT2D eigenvalue weighted by Crippen LogP contribution is 2.21. The normalized spacial score (nSPS) is 20.6. The molecule has 0 saturated carbocycles. The predicted molar refractivity (Wildman–Crippen MR) is 187 cm³/mol. The monoisotopic (exact) mass is 741 g/mol. The smallest absolute Gasteiger partial charge is 0.475 e. The van der Waals surface area contributed by atoms with Gasteiger partial charge in [0.05, 0.1) is 38.2 Å². The molecule has 7 N–H and O–H groups in total. The molecule has 2 aliphatic rings. The molecule has 19 nitrogen and oxygen atoms in total. The lowest BCUT2D eigenvalue weighted by Crippen LogP contribution is -2.54. The van der Waals surface area contributed by atoms with Crippen molar-refractivity contribution >= 4 is 48.5 Å². The lowest BCUT2D eigenvalue weighted by atomic mass is 9.78. The highest BCUT2D eigenvalue weighted by Gasteiger charge is 2.39. The van der Waals surface area contributed by atoms with E-state index in [9.17, 15) is 58.9 Å². The number of nitrogens with one attached hydrogen (secondary N) is 2. The standard InChI is InChI=1S/C32H56BN7O12/c1-21(2)24(31(49)35-23(4)32(50)40-7-5-6-26(40)33(51)52)16-25(41)22(3)34-27(42)17-36-8-10-37(18-28(43)44)12-14-39(20-30(47)48)15-13-38(11-9-36)19-29(45)46/h21-24,26,51-52H,5-20H2,1-4H3,(H,34,42)(H,35,49)(H,43,44)(H,45,46)(H,47,48)/t22-,23+,24-,26-/m0/s1. The van der Waals surface area contributed by atoms with Crippen molar-refractivity contribution in [2.45, 2.75) is 65.0 Å². The lowest BCUT2D eigenvalue weighted by Gasteiger charge is -2.33. The summed E-state index contributed by atoms with van der Waals surface area (Å²) in [7, 11) is -1.70. The SMILES string of the molecule is CC(C)[C@H](CC(=O)[C@H](C)NC(=O)CN1CCN(CC(=O)O)CCN(CC(=O)O)CCN(CC(=O)O)CC1)C(=O)N[C@H](C)C(=O)N1CCC[C@H]1B(O)O. The molecule has 0 aliphatic carbocycles. The molecule has 4 atom stereocenters. The molecule has 2 rings (SSSR count). The molecule has 20 heteroatoms. The molecule has 0 aromatic heterocycles. The third-order valence-corrected chi connectivity index (χ3v) is 9.45. The Morgan fingerprint density at radius 1 is 0.635 bits per heavy atom. The number of Topliss-reactive ketones (excluding diaryl/α,β-unsaturated/α-hetero) is 1. The van der Waals surface area contributed by atoms with Gasteiger partial charge in [-0.05, 0) is 32.6 Å². The van der Waals surface area contributed by atoms with E-state index in [4.69, 9.17) is 0 Å². The van der Waals surface area contributed by atoms with E-state index in [1.807, 2.05) is 0 Å². The summed E-state index contributed by atoms with van der Waals surface area (Å²) < 4.78 is 0. The number of ketones is 1. The largest absolute Gasteiger partial charge is 0.480 e. The second kappa shape index (κ2) is 21.7. The second-order valence-corrected chi connectivity index (χ2v) is 14.0. The van der Waals surface area contributed by atoms with Gasteiger partial charge in [-0.2, -0.15) is 0 Å². The molecule has 52 heavy (non-hydrogen) atoms. The summed E-state index contributed by atoms with van der Waals surface area (Å²) in [6.45, 7) is 7.58. The number of carbonyl (C=O) groups excluding carboxylic acids is 4. The van der Waals surface area contributed by atoms with Crippen LogP contribution in [0.2, 0.25) is 0 Å². The van der Waals surface area contributed by atoms with Gasteiger partial charge in [-0.25, -0.2) is 0 Å². The van der Waals surface area contributed by atoms with Gasteiger partial charge in [0.2, 0.25) is 17.7 Å². The number of carbonyl (C=O) groups is 7. The van der Waals surface area contributed by atoms with Crippen molar-refractivity contribution in [1.29, 1.82) is 0 Å². The van der Waals surface area contributed by atoms with Crippen molar-refractivity contribution < 1.29 is 58.9 Å². The van der Waals surface area contributed by atoms with Crippen LogP contribution in [0.1, 0.15) is 47.0 Å². The summed E-state index contributed by atoms with van der Waals surface area (Å²) in [6, 6.07) is -1.95. The summed E-state index contributed by atoms with van der Waals surface area (Å²) >= 11 is 0. The van der Waals surface area contributed by atoms with Crippen molar-refractivity contribution in [3.63, 3.8) is 0 Å². The molecule has 2 heterocycles. The molecule has 0 radical (unpaired) electrons. The molecule has 0 spiro atoms. The van der Waals surface area contributed by atoms with E-state index < -0.39 is 72.5 Å². The molecule has 294 valence electrons. The van der Waals surface area contributed by atoms with E-state index in [0.717, 1.165) is 0 Å². The Balaban J connectivity index is 2.06. The highest BCUT2D eigenvalue weighted by atomic mass is 16.4. The summed E-state index contributed by atoms with van der Waals surface area (Å²) in [5, 5.41) is 52.8. The number of carboxylic acids is 3. The number of nitrogens with zero attached hydrogens (tertiary/aromatic N) is 5. The van der Waals surface area contributed by atoms with Gasteiger partial charge < -0.3 is 40.9 Å². The van der Waals surface area contributed by atoms with Gasteiger partial charge in [0.1, 0.15) is 6.04 Å². The van der Waals surface area contributed by atoms with Crippen molar-refractivity contribution in [1.82, 2.24) is 35.1 Å². The van der Waals surface area contributed by atoms with E-state index in [1.54, 1.807) is 33.4 Å². The first-order chi connectivity index (χ1) is 24.4. The second-order valence-electron chi connectivity index (χ2n) is 14.0. The Bertz CT molecular complexity index is 1230. The number of aliphatic carboxylic acids is 3. The summed E-state index contributed by atoms with van der Waals surface area (Å²) in [5.74, 6) is -6.99. The van der Waals surface area contributed by atoms with E-state index in [2.05, 4.69) is 10.6 Å². The van der Waals surface area contributed by atoms with Crippen LogP contribution in [0.4, 0.5) is 0 Å². The first kappa shape index (κ1) is 44.5. The van der Waals surface area contributed by atoms with Crippen LogP contribution in [0.5, 0.6) is 0 Å². The molecule has 0 aromatic rings. The molecular weight excluding hydrogens is 685 g/mol. The van der Waals surface area contributed by atoms with E-state index in [1.165, 1.54) is 18.7 Å². The maximum Gasteiger partial charge on any atom is 0.475 e. The Morgan fingerprint density at radius 3 is 1.44 bits per heavy atom. The molecule has 0 aromatic carbocycles. The Labute approximate surface area is 304 Å². The van der Waals surface area contributed by atoms with Crippen molar-refractivity contribution in [3.8, 4) is 0 Å². The fourth-order valence-corrected chi connectivity index (χ4v) is 6.39. The van der Waals surface area contributed by atoms with Gasteiger partial charge in [0, 0.05) is 71.2 Å². The van der Waals surface area contributed by atoms with Gasteiger partial charge in [0.25, 0.3) is 0 Å². The average Bonchev–Trinajstić information content (AvgIpc) is 3.54. The summed E-state index contributed by atoms with van der Waals surface area (Å²) in [4.78, 5) is 95.1. The highest BCUT2D eigenvalue weighted by molar-refractivity contribution is 6.43. The topological polar surface area (TPSA) is 261 Å². The van der Waals surface area contributed by atoms with Crippen LogP contribution in [0.25, 0.3) is 0 Å². The fraction of sp³-hybridized carbons (Fsp3) is 0.781. The fourth-order valence-electron chi connectivity index (χ4n) is 6.39. The number of likely N-dealkylation sites (tertiary alicyclic amines) is 1. The minimum Gasteiger partial charge on any atom is -0.480 e. The van der Waals surface area contributed by atoms with Crippen LogP contribution < -0.4 is 10.6 Å². The number of rotatable bonds is 17. The Hall–Kier alpha value is -3.69. The zero-order valence-electron chi connectivity index (χ0n) is 30.6. The van der Waals surface area contributed by atoms with Crippen LogP contribution >= 0.6 is 0 Å². The molecule has 3 amide bonds. The predicted octanol–water partition coefficient (Wildman–Crippen LogP) is -3.29. The van der Waals surface area contributed by atoms with E-state index in [-0.39, 0.29) is 90.9 Å². The lowest BCUT2D eigenvalue weighted by molar-refractivity contribution is -0.140. The molecule has 0 bridgehead atoms. The first-order valence-corrected chi connectivity index (χ1v) is 17.7. The molecule has 2 saturated heterocycles. The van der Waals surface area contributed by atoms with Gasteiger partial charge in [0.15, 0.2) is 5.78 Å². The molecule has 2 aliphatic heterocycles. The number of hydrogen-bond acceptors (Lipinski definition) is 13. The van der Waals surface area contributed by atoms with Gasteiger partial charge in [-0.3, -0.25) is 53.2 Å². The Morgan fingerprint density at radius 2 is 1.06 bits per heavy atom. The van der Waals surface area contributed by atoms with E-state index in [0.29, 0.717) is 19.4 Å². The quantitative estimate of drug-likeness (QED) is 0.0721. The molecule has 2 fully saturated rings. The van der Waals surface area contributed by atoms with Crippen molar-refractivity contribution in [3.05, 3.63) is 0 Å². The number of hydrogen-bond donors (Lipinski definition) is 7. The summed E-state index contributed by atoms with van der Waals surface area (Å²) in [6.07, 6.45) is 0.806. The maximum atomic E-state index is 13.3. The number of amides is 3. The third kappa shape index (κ3) is 15.5. The van der Waals surface area contributed by atoms with Crippen LogP contribution in [0.3, 0.4) is 0 Å². The van der Waals surface area contributed by atoms with Gasteiger partial charge in [-0.15, -0.1) is 0 Å². The van der Waals surface area contributed by atoms with Gasteiger partial charge in [-0.1, -0.05) is 13.8 Å². The van der Waals surface area contributed by atoms with Gasteiger partial charge >= 0.3 is 25.0 Å². The summed E-state index contributed by atoms with van der Waals surface area (Å²) in [5.41, 5.74) is 0.